The second-order valence-corrected chi connectivity index (χ2v) is 7.42. The van der Waals surface area contributed by atoms with Gasteiger partial charge in [-0.15, -0.1) is 0 Å². The summed E-state index contributed by atoms with van der Waals surface area (Å²) < 4.78 is 0. The number of nitrogens with zero attached hydrogens (tertiary/aromatic N) is 1. The molecule has 0 spiro atoms. The summed E-state index contributed by atoms with van der Waals surface area (Å²) in [6.45, 7) is 10.2. The minimum Gasteiger partial charge on any atom is -0.508 e. The van der Waals surface area contributed by atoms with Crippen molar-refractivity contribution < 1.29 is 5.11 Å². The summed E-state index contributed by atoms with van der Waals surface area (Å²) in [5.74, 6) is 1.19. The van der Waals surface area contributed by atoms with E-state index in [0.717, 1.165) is 32.0 Å². The van der Waals surface area contributed by atoms with E-state index in [0.29, 0.717) is 5.75 Å². The molecular weight excluding hydrogens is 260 g/mol. The molecule has 3 nitrogen and oxygen atoms in total. The van der Waals surface area contributed by atoms with Crippen LogP contribution in [-0.2, 0) is 6.54 Å². The summed E-state index contributed by atoms with van der Waals surface area (Å²) in [7, 11) is 0. The van der Waals surface area contributed by atoms with Crippen LogP contribution in [0.1, 0.15) is 45.6 Å². The van der Waals surface area contributed by atoms with Crippen molar-refractivity contribution in [2.75, 3.05) is 13.1 Å². The number of hydrogen-bond acceptors (Lipinski definition) is 3. The third kappa shape index (κ3) is 2.95. The molecule has 1 saturated heterocycles. The van der Waals surface area contributed by atoms with Gasteiger partial charge in [0.05, 0.1) is 0 Å². The second kappa shape index (κ2) is 5.29. The Balaban J connectivity index is 1.81. The van der Waals surface area contributed by atoms with Gasteiger partial charge in [-0.2, -0.15) is 0 Å². The number of phenols is 1. The van der Waals surface area contributed by atoms with Gasteiger partial charge in [-0.1, -0.05) is 19.1 Å². The van der Waals surface area contributed by atoms with E-state index in [1.54, 1.807) is 12.1 Å². The second-order valence-electron chi connectivity index (χ2n) is 7.42. The van der Waals surface area contributed by atoms with Gasteiger partial charge in [-0.3, -0.25) is 4.90 Å². The fourth-order valence-corrected chi connectivity index (χ4v) is 3.56. The summed E-state index contributed by atoms with van der Waals surface area (Å²) in [5, 5.41) is 13.3. The van der Waals surface area contributed by atoms with Crippen LogP contribution in [-0.4, -0.2) is 34.2 Å². The Morgan fingerprint density at radius 2 is 1.90 bits per heavy atom. The van der Waals surface area contributed by atoms with Gasteiger partial charge < -0.3 is 10.4 Å². The average molecular weight is 288 g/mol. The van der Waals surface area contributed by atoms with Crippen molar-refractivity contribution in [2.24, 2.45) is 5.92 Å². The first-order chi connectivity index (χ1) is 9.95. The minimum atomic E-state index is 0.214. The minimum absolute atomic E-state index is 0.214. The molecule has 2 aliphatic rings. The maximum Gasteiger partial charge on any atom is 0.115 e. The number of piperazine rings is 1. The Bertz CT molecular complexity index is 496. The van der Waals surface area contributed by atoms with E-state index < -0.39 is 0 Å². The molecule has 21 heavy (non-hydrogen) atoms. The highest BCUT2D eigenvalue weighted by atomic mass is 16.3. The van der Waals surface area contributed by atoms with Gasteiger partial charge in [0.25, 0.3) is 0 Å². The molecule has 2 unspecified atom stereocenters. The molecule has 1 heterocycles. The van der Waals surface area contributed by atoms with Crippen molar-refractivity contribution in [3.63, 3.8) is 0 Å². The Labute approximate surface area is 128 Å². The Morgan fingerprint density at radius 3 is 2.48 bits per heavy atom. The standard InChI is InChI=1S/C18H28N2O/c1-4-17(2)13-20(11-14-5-9-16(21)10-6-14)18(3,12-19-17)15-7-8-15/h5-6,9-10,15,19,21H,4,7-8,11-13H2,1-3H3. The van der Waals surface area contributed by atoms with Crippen molar-refractivity contribution in [1.29, 1.82) is 0 Å². The Kier molecular flexibility index (Phi) is 3.74. The van der Waals surface area contributed by atoms with Crippen molar-refractivity contribution >= 4 is 0 Å². The van der Waals surface area contributed by atoms with Crippen LogP contribution in [0.4, 0.5) is 0 Å². The molecule has 0 radical (unpaired) electrons. The number of rotatable bonds is 4. The lowest BCUT2D eigenvalue weighted by Gasteiger charge is -2.53. The summed E-state index contributed by atoms with van der Waals surface area (Å²) >= 11 is 0. The van der Waals surface area contributed by atoms with Gasteiger partial charge in [0.15, 0.2) is 0 Å². The third-order valence-electron chi connectivity index (χ3n) is 5.68. The first-order valence-electron chi connectivity index (χ1n) is 8.23. The normalized spacial score (nSPS) is 34.0. The average Bonchev–Trinajstić information content (AvgIpc) is 3.31. The van der Waals surface area contributed by atoms with E-state index >= 15 is 0 Å². The summed E-state index contributed by atoms with van der Waals surface area (Å²) in [4.78, 5) is 2.68. The molecule has 2 fully saturated rings. The summed E-state index contributed by atoms with van der Waals surface area (Å²) in [6.07, 6.45) is 3.89. The van der Waals surface area contributed by atoms with E-state index in [-0.39, 0.29) is 11.1 Å². The predicted octanol–water partition coefficient (Wildman–Crippen LogP) is 3.13. The maximum absolute atomic E-state index is 9.46. The Morgan fingerprint density at radius 1 is 1.24 bits per heavy atom. The van der Waals surface area contributed by atoms with E-state index in [4.69, 9.17) is 0 Å². The third-order valence-corrected chi connectivity index (χ3v) is 5.68. The van der Waals surface area contributed by atoms with Gasteiger partial charge in [0.1, 0.15) is 5.75 Å². The lowest BCUT2D eigenvalue weighted by atomic mass is 9.84. The molecule has 1 aliphatic carbocycles. The fraction of sp³-hybridized carbons (Fsp3) is 0.667. The van der Waals surface area contributed by atoms with Crippen LogP contribution in [0.3, 0.4) is 0 Å². The number of hydrogen-bond donors (Lipinski definition) is 2. The molecular formula is C18H28N2O. The van der Waals surface area contributed by atoms with Crippen molar-refractivity contribution in [1.82, 2.24) is 10.2 Å². The van der Waals surface area contributed by atoms with Gasteiger partial charge in [0.2, 0.25) is 0 Å². The number of phenolic OH excluding ortho intramolecular Hbond substituents is 1. The molecule has 0 aromatic heterocycles. The van der Waals surface area contributed by atoms with E-state index in [1.807, 2.05) is 12.1 Å². The van der Waals surface area contributed by atoms with Crippen LogP contribution in [0, 0.1) is 5.92 Å². The molecule has 1 saturated carbocycles. The topological polar surface area (TPSA) is 35.5 Å². The molecule has 116 valence electrons. The van der Waals surface area contributed by atoms with Crippen LogP contribution >= 0.6 is 0 Å². The van der Waals surface area contributed by atoms with Crippen LogP contribution in [0.15, 0.2) is 24.3 Å². The first-order valence-corrected chi connectivity index (χ1v) is 8.23. The van der Waals surface area contributed by atoms with E-state index in [1.165, 1.54) is 18.4 Å². The molecule has 3 heteroatoms. The Hall–Kier alpha value is -1.06. The SMILES string of the molecule is CCC1(C)CN(Cc2ccc(O)cc2)C(C)(C2CC2)CN1. The molecule has 1 aliphatic heterocycles. The van der Waals surface area contributed by atoms with E-state index in [9.17, 15) is 5.11 Å². The van der Waals surface area contributed by atoms with Crippen LogP contribution in [0.2, 0.25) is 0 Å². The zero-order valence-corrected chi connectivity index (χ0v) is 13.5. The quantitative estimate of drug-likeness (QED) is 0.893. The highest BCUT2D eigenvalue weighted by Gasteiger charge is 2.50. The van der Waals surface area contributed by atoms with Crippen molar-refractivity contribution in [3.8, 4) is 5.75 Å². The number of nitrogens with one attached hydrogen (secondary N) is 1. The highest BCUT2D eigenvalue weighted by Crippen LogP contribution is 2.45. The zero-order valence-electron chi connectivity index (χ0n) is 13.5. The monoisotopic (exact) mass is 288 g/mol. The fourth-order valence-electron chi connectivity index (χ4n) is 3.56. The van der Waals surface area contributed by atoms with Crippen LogP contribution in [0.25, 0.3) is 0 Å². The van der Waals surface area contributed by atoms with Gasteiger partial charge in [-0.05, 0) is 56.7 Å². The van der Waals surface area contributed by atoms with Gasteiger partial charge in [0, 0.05) is 30.7 Å². The molecule has 0 bridgehead atoms. The van der Waals surface area contributed by atoms with Crippen LogP contribution in [0.5, 0.6) is 5.75 Å². The molecule has 1 aromatic carbocycles. The smallest absolute Gasteiger partial charge is 0.115 e. The highest BCUT2D eigenvalue weighted by molar-refractivity contribution is 5.26. The van der Waals surface area contributed by atoms with Crippen LogP contribution < -0.4 is 5.32 Å². The lowest BCUT2D eigenvalue weighted by molar-refractivity contribution is -0.00134. The zero-order chi connectivity index (χ0) is 15.1. The number of benzene rings is 1. The van der Waals surface area contributed by atoms with E-state index in [2.05, 4.69) is 31.0 Å². The van der Waals surface area contributed by atoms with Crippen molar-refractivity contribution in [2.45, 2.75) is 57.7 Å². The summed E-state index contributed by atoms with van der Waals surface area (Å²) in [5.41, 5.74) is 1.78. The lowest BCUT2D eigenvalue weighted by Crippen LogP contribution is -2.68. The molecule has 0 amide bonds. The molecule has 2 atom stereocenters. The molecule has 3 rings (SSSR count). The first kappa shape index (κ1) is 14.9. The maximum atomic E-state index is 9.46. The largest absolute Gasteiger partial charge is 0.508 e. The molecule has 1 aromatic rings. The molecule has 2 N–H and O–H groups in total. The number of aromatic hydroxyl groups is 1. The van der Waals surface area contributed by atoms with Crippen molar-refractivity contribution in [3.05, 3.63) is 29.8 Å². The summed E-state index contributed by atoms with van der Waals surface area (Å²) in [6, 6.07) is 7.69. The van der Waals surface area contributed by atoms with Gasteiger partial charge in [-0.25, -0.2) is 0 Å². The predicted molar refractivity (Wildman–Crippen MR) is 86.3 cm³/mol. The van der Waals surface area contributed by atoms with Gasteiger partial charge >= 0.3 is 0 Å².